The Morgan fingerprint density at radius 3 is 2.43 bits per heavy atom. The molecule has 2 aliphatic rings. The van der Waals surface area contributed by atoms with Gasteiger partial charge in [-0.2, -0.15) is 0 Å². The van der Waals surface area contributed by atoms with Crippen molar-refractivity contribution in [3.63, 3.8) is 0 Å². The number of rotatable bonds is 4. The summed E-state index contributed by atoms with van der Waals surface area (Å²) in [6, 6.07) is 12.3. The van der Waals surface area contributed by atoms with Crippen molar-refractivity contribution >= 4 is 27.0 Å². The second-order valence-corrected chi connectivity index (χ2v) is 9.48. The number of aromatic hydroxyl groups is 1. The van der Waals surface area contributed by atoms with Gasteiger partial charge in [0.1, 0.15) is 0 Å². The Morgan fingerprint density at radius 1 is 1.03 bits per heavy atom. The van der Waals surface area contributed by atoms with E-state index >= 15 is 0 Å². The normalized spacial score (nSPS) is 16.9. The van der Waals surface area contributed by atoms with Gasteiger partial charge in [-0.1, -0.05) is 31.4 Å². The molecule has 5 rings (SSSR count). The van der Waals surface area contributed by atoms with Crippen LogP contribution in [0.2, 0.25) is 0 Å². The number of para-hydroxylation sites is 2. The topological polar surface area (TPSA) is 107 Å². The molecule has 0 atom stereocenters. The molecule has 1 saturated carbocycles. The maximum atomic E-state index is 12.9. The highest BCUT2D eigenvalue weighted by atomic mass is 32.2. The minimum Gasteiger partial charge on any atom is -0.494 e. The lowest BCUT2D eigenvalue weighted by Gasteiger charge is -2.22. The lowest BCUT2D eigenvalue weighted by molar-refractivity contribution is 0.412. The highest BCUT2D eigenvalue weighted by Gasteiger charge is 2.23. The first kappa shape index (κ1) is 19.0. The van der Waals surface area contributed by atoms with Crippen LogP contribution in [0.4, 0.5) is 0 Å². The smallest absolute Gasteiger partial charge is 0.240 e. The van der Waals surface area contributed by atoms with E-state index < -0.39 is 10.0 Å². The quantitative estimate of drug-likeness (QED) is 0.602. The third kappa shape index (κ3) is 3.53. The first-order valence-corrected chi connectivity index (χ1v) is 11.6. The zero-order valence-electron chi connectivity index (χ0n) is 16.3. The van der Waals surface area contributed by atoms with Crippen LogP contribution in [-0.4, -0.2) is 24.6 Å². The summed E-state index contributed by atoms with van der Waals surface area (Å²) in [7, 11) is -3.64. The van der Waals surface area contributed by atoms with Crippen molar-refractivity contribution in [1.29, 1.82) is 0 Å². The first-order chi connectivity index (χ1) is 14.5. The Kier molecular flexibility index (Phi) is 4.67. The summed E-state index contributed by atoms with van der Waals surface area (Å²) < 4.78 is 28.7. The molecule has 1 aliphatic carbocycles. The van der Waals surface area contributed by atoms with Crippen LogP contribution in [0.1, 0.15) is 37.7 Å². The van der Waals surface area contributed by atoms with Crippen LogP contribution in [0.25, 0.3) is 17.0 Å². The molecular weight excluding hydrogens is 400 g/mol. The Bertz CT molecular complexity index is 1350. The summed E-state index contributed by atoms with van der Waals surface area (Å²) in [4.78, 5) is 12.0. The molecule has 1 fully saturated rings. The molecule has 1 aliphatic heterocycles. The van der Waals surface area contributed by atoms with E-state index in [1.54, 1.807) is 24.3 Å². The summed E-state index contributed by atoms with van der Waals surface area (Å²) in [5.41, 5.74) is 1.11. The molecule has 0 bridgehead atoms. The van der Waals surface area contributed by atoms with Crippen molar-refractivity contribution in [2.24, 2.45) is 9.98 Å². The maximum absolute atomic E-state index is 12.9. The third-order valence-corrected chi connectivity index (χ3v) is 7.17. The second kappa shape index (κ2) is 7.37. The summed E-state index contributed by atoms with van der Waals surface area (Å²) in [5, 5.41) is 12.6. The van der Waals surface area contributed by atoms with Crippen molar-refractivity contribution in [3.05, 3.63) is 64.6 Å². The van der Waals surface area contributed by atoms with Crippen molar-refractivity contribution in [2.45, 2.75) is 43.0 Å². The van der Waals surface area contributed by atoms with Gasteiger partial charge in [0.2, 0.25) is 10.0 Å². The molecule has 3 aromatic rings. The standard InChI is InChI=1S/C22H22N4O3S/c27-22-17(13-21-23-19-8-4-5-9-20(19)24-21)16-12-15(10-11-18(16)25-22)30(28,29)26-14-6-2-1-3-7-14/h4-5,8-14,25-27H,1-3,6-7H2. The first-order valence-electron chi connectivity index (χ1n) is 10.1. The Morgan fingerprint density at radius 2 is 1.73 bits per heavy atom. The van der Waals surface area contributed by atoms with Gasteiger partial charge in [-0.25, -0.2) is 23.1 Å². The number of benzene rings is 2. The van der Waals surface area contributed by atoms with E-state index in [4.69, 9.17) is 0 Å². The van der Waals surface area contributed by atoms with Crippen LogP contribution in [0, 0.1) is 0 Å². The van der Waals surface area contributed by atoms with E-state index in [9.17, 15) is 13.5 Å². The fourth-order valence-electron chi connectivity index (χ4n) is 4.12. The van der Waals surface area contributed by atoms with Gasteiger partial charge in [-0.05, 0) is 49.2 Å². The molecule has 0 saturated heterocycles. The average Bonchev–Trinajstić information content (AvgIpc) is 3.28. The Labute approximate surface area is 173 Å². The monoisotopic (exact) mass is 422 g/mol. The second-order valence-electron chi connectivity index (χ2n) is 7.77. The fourth-order valence-corrected chi connectivity index (χ4v) is 5.45. The molecule has 0 amide bonds. The van der Waals surface area contributed by atoms with Crippen molar-refractivity contribution < 1.29 is 13.5 Å². The van der Waals surface area contributed by atoms with Crippen LogP contribution < -0.4 is 15.4 Å². The maximum Gasteiger partial charge on any atom is 0.240 e. The number of hydrogen-bond acceptors (Lipinski definition) is 5. The molecule has 30 heavy (non-hydrogen) atoms. The fraction of sp³-hybridized carbons (Fsp3) is 0.273. The van der Waals surface area contributed by atoms with Crippen LogP contribution in [0.15, 0.2) is 63.2 Å². The van der Waals surface area contributed by atoms with Gasteiger partial charge in [0.15, 0.2) is 11.7 Å². The van der Waals surface area contributed by atoms with Crippen LogP contribution in [0.3, 0.4) is 0 Å². The van der Waals surface area contributed by atoms with E-state index in [1.807, 2.05) is 24.3 Å². The molecule has 154 valence electrons. The lowest BCUT2D eigenvalue weighted by Crippen LogP contribution is -2.36. The summed E-state index contributed by atoms with van der Waals surface area (Å²) in [6.07, 6.45) is 6.65. The Hall–Kier alpha value is -2.97. The number of aromatic amines is 1. The zero-order chi connectivity index (χ0) is 20.7. The van der Waals surface area contributed by atoms with E-state index in [1.165, 1.54) is 0 Å². The van der Waals surface area contributed by atoms with Gasteiger partial charge in [0.25, 0.3) is 0 Å². The highest BCUT2D eigenvalue weighted by Crippen LogP contribution is 2.32. The van der Waals surface area contributed by atoms with Crippen LogP contribution in [0.5, 0.6) is 5.88 Å². The number of sulfonamides is 1. The van der Waals surface area contributed by atoms with Crippen LogP contribution >= 0.6 is 0 Å². The largest absolute Gasteiger partial charge is 0.494 e. The third-order valence-electron chi connectivity index (χ3n) is 5.65. The van der Waals surface area contributed by atoms with Crippen molar-refractivity contribution in [1.82, 2.24) is 9.71 Å². The Balaban J connectivity index is 1.53. The molecule has 3 N–H and O–H groups in total. The molecular formula is C22H22N4O3S. The molecule has 0 unspecified atom stereocenters. The molecule has 0 radical (unpaired) electrons. The molecule has 1 aromatic heterocycles. The minimum atomic E-state index is -3.64. The lowest BCUT2D eigenvalue weighted by atomic mass is 9.96. The van der Waals surface area contributed by atoms with E-state index in [2.05, 4.69) is 19.7 Å². The van der Waals surface area contributed by atoms with Crippen molar-refractivity contribution in [3.8, 4) is 5.88 Å². The average molecular weight is 423 g/mol. The number of hydrogen-bond donors (Lipinski definition) is 3. The number of nitrogens with one attached hydrogen (secondary N) is 2. The number of fused-ring (bicyclic) bond motifs is 2. The highest BCUT2D eigenvalue weighted by molar-refractivity contribution is 7.89. The molecule has 8 heteroatoms. The van der Waals surface area contributed by atoms with Gasteiger partial charge in [-0.3, -0.25) is 0 Å². The summed E-state index contributed by atoms with van der Waals surface area (Å²) >= 11 is 0. The molecule has 7 nitrogen and oxygen atoms in total. The summed E-state index contributed by atoms with van der Waals surface area (Å²) in [6.45, 7) is 0. The zero-order valence-corrected chi connectivity index (χ0v) is 17.1. The van der Waals surface area contributed by atoms with Gasteiger partial charge in [0, 0.05) is 22.5 Å². The molecule has 2 aromatic carbocycles. The van der Waals surface area contributed by atoms with E-state index in [0.29, 0.717) is 22.3 Å². The van der Waals surface area contributed by atoms with Crippen LogP contribution in [-0.2, 0) is 10.0 Å². The predicted molar refractivity (Wildman–Crippen MR) is 114 cm³/mol. The molecule has 0 spiro atoms. The van der Waals surface area contributed by atoms with Gasteiger partial charge in [0.05, 0.1) is 15.6 Å². The molecule has 2 heterocycles. The number of nitrogens with zero attached hydrogens (tertiary/aromatic N) is 2. The minimum absolute atomic E-state index is 0.0183. The number of H-pyrrole nitrogens is 1. The van der Waals surface area contributed by atoms with E-state index in [-0.39, 0.29) is 16.8 Å². The summed E-state index contributed by atoms with van der Waals surface area (Å²) in [5.74, 6) is 0.412. The van der Waals surface area contributed by atoms with Gasteiger partial charge >= 0.3 is 0 Å². The van der Waals surface area contributed by atoms with Gasteiger partial charge < -0.3 is 10.1 Å². The number of aromatic nitrogens is 1. The predicted octanol–water partition coefficient (Wildman–Crippen LogP) is 2.74. The van der Waals surface area contributed by atoms with Gasteiger partial charge in [-0.15, -0.1) is 0 Å². The van der Waals surface area contributed by atoms with E-state index in [0.717, 1.165) is 42.8 Å². The SMILES string of the molecule is O=S(=O)(NC1CCCCC1)c1ccc2[nH]c(O)c(C=C3N=c4ccccc4=N3)c2c1. The van der Waals surface area contributed by atoms with Crippen molar-refractivity contribution in [2.75, 3.05) is 0 Å².